The third-order valence-corrected chi connectivity index (χ3v) is 5.04. The molecule has 0 unspecified atom stereocenters. The number of aliphatic imine (C=N–C) groups is 1. The third-order valence-electron chi connectivity index (χ3n) is 5.04. The molecule has 0 saturated carbocycles. The molecule has 0 aromatic heterocycles. The zero-order chi connectivity index (χ0) is 21.3. The molecule has 12 heteroatoms. The average molecular weight is 412 g/mol. The fourth-order valence-electron chi connectivity index (χ4n) is 3.61. The lowest BCUT2D eigenvalue weighted by atomic mass is 10.0. The van der Waals surface area contributed by atoms with Crippen LogP contribution in [0.3, 0.4) is 0 Å². The Bertz CT molecular complexity index is 707. The number of likely N-dealkylation sites (tertiary alicyclic amines) is 1. The molecule has 4 amide bonds. The highest BCUT2D eigenvalue weighted by Gasteiger charge is 2.47. The fraction of sp³-hybridized carbons (Fsp3) is 0.765. The van der Waals surface area contributed by atoms with Crippen LogP contribution in [0.4, 0.5) is 9.59 Å². The molecule has 0 aliphatic carbocycles. The minimum Gasteiger partial charge on any atom is -0.442 e. The van der Waals surface area contributed by atoms with Crippen LogP contribution in [0, 0.1) is 0 Å². The van der Waals surface area contributed by atoms with Gasteiger partial charge in [-0.05, 0) is 40.0 Å². The summed E-state index contributed by atoms with van der Waals surface area (Å²) in [7, 11) is 0. The molecule has 2 bridgehead atoms. The molecule has 3 heterocycles. The number of carbonyl (C=O) groups is 3. The van der Waals surface area contributed by atoms with Gasteiger partial charge in [0.25, 0.3) is 5.91 Å². The topological polar surface area (TPSA) is 150 Å². The zero-order valence-corrected chi connectivity index (χ0v) is 16.8. The predicted octanol–water partition coefficient (Wildman–Crippen LogP) is 0.0161. The monoisotopic (exact) mass is 412 g/mol. The summed E-state index contributed by atoms with van der Waals surface area (Å²) < 4.78 is 5.11. The number of hydroxylamine groups is 3. The van der Waals surface area contributed by atoms with E-state index in [1.54, 1.807) is 25.7 Å². The summed E-state index contributed by atoms with van der Waals surface area (Å²) in [6.07, 6.45) is 0.466. The summed E-state index contributed by atoms with van der Waals surface area (Å²) in [5.41, 5.74) is 7.61. The maximum atomic E-state index is 12.4. The highest BCUT2D eigenvalue weighted by atomic mass is 16.7. The number of hydrogen-bond donors (Lipinski definition) is 3. The van der Waals surface area contributed by atoms with Gasteiger partial charge in [0.05, 0.1) is 6.04 Å². The van der Waals surface area contributed by atoms with Gasteiger partial charge < -0.3 is 20.3 Å². The Morgan fingerprint density at radius 3 is 2.66 bits per heavy atom. The van der Waals surface area contributed by atoms with Gasteiger partial charge in [0.15, 0.2) is 0 Å². The van der Waals surface area contributed by atoms with Crippen molar-refractivity contribution < 1.29 is 29.2 Å². The average Bonchev–Trinajstić information content (AvgIpc) is 3.19. The number of carbonyl (C=O) groups excluding carboxylic acids is 3. The molecule has 3 rings (SSSR count). The van der Waals surface area contributed by atoms with Crippen LogP contribution in [0.5, 0.6) is 0 Å². The van der Waals surface area contributed by atoms with E-state index in [4.69, 9.17) is 15.3 Å². The van der Waals surface area contributed by atoms with Crippen molar-refractivity contribution in [2.75, 3.05) is 19.6 Å². The Balaban J connectivity index is 1.46. The number of rotatable bonds is 3. The first-order chi connectivity index (χ1) is 13.5. The minimum absolute atomic E-state index is 0.0284. The van der Waals surface area contributed by atoms with Crippen molar-refractivity contribution in [3.63, 3.8) is 0 Å². The molecule has 3 atom stereocenters. The zero-order valence-electron chi connectivity index (χ0n) is 16.8. The van der Waals surface area contributed by atoms with E-state index >= 15 is 0 Å². The molecule has 29 heavy (non-hydrogen) atoms. The van der Waals surface area contributed by atoms with Crippen LogP contribution in [0.15, 0.2) is 4.99 Å². The maximum absolute atomic E-state index is 12.4. The van der Waals surface area contributed by atoms with E-state index in [-0.39, 0.29) is 18.1 Å². The van der Waals surface area contributed by atoms with Gasteiger partial charge in [0, 0.05) is 19.6 Å². The molecule has 162 valence electrons. The van der Waals surface area contributed by atoms with Crippen molar-refractivity contribution >= 4 is 24.0 Å². The van der Waals surface area contributed by atoms with E-state index in [0.717, 1.165) is 0 Å². The molecule has 3 aliphatic heterocycles. The van der Waals surface area contributed by atoms with E-state index in [9.17, 15) is 19.6 Å². The number of nitrogens with zero attached hydrogens (tertiary/aromatic N) is 4. The smallest absolute Gasteiger partial charge is 0.437 e. The Labute approximate surface area is 168 Å². The first-order valence-corrected chi connectivity index (χ1v) is 9.61. The highest BCUT2D eigenvalue weighted by Crippen LogP contribution is 2.28. The number of urea groups is 1. The van der Waals surface area contributed by atoms with Crippen LogP contribution in [0.1, 0.15) is 40.0 Å². The van der Waals surface area contributed by atoms with E-state index in [1.807, 2.05) is 0 Å². The molecule has 4 N–H and O–H groups in total. The van der Waals surface area contributed by atoms with E-state index in [0.29, 0.717) is 44.0 Å². The molecule has 0 spiro atoms. The number of guanidine groups is 1. The largest absolute Gasteiger partial charge is 0.442 e. The SMILES string of the molecule is CC(C)(C)OC(=O)/N=C(/N)N1CC[C@H](ONC(=O)[C@@H]2CC[C@H]3CN2C(=O)N3O)C1. The van der Waals surface area contributed by atoms with Crippen molar-refractivity contribution in [2.24, 2.45) is 10.7 Å². The summed E-state index contributed by atoms with van der Waals surface area (Å²) in [6, 6.07) is -1.50. The van der Waals surface area contributed by atoms with Gasteiger partial charge >= 0.3 is 12.1 Å². The van der Waals surface area contributed by atoms with Crippen LogP contribution in [0.25, 0.3) is 0 Å². The molecule has 0 aromatic rings. The van der Waals surface area contributed by atoms with Crippen molar-refractivity contribution in [3.05, 3.63) is 0 Å². The molecule has 3 aliphatic rings. The predicted molar refractivity (Wildman–Crippen MR) is 99.6 cm³/mol. The highest BCUT2D eigenvalue weighted by molar-refractivity contribution is 5.89. The standard InChI is InChI=1S/C17H28N6O6/c1-17(2,3)28-15(25)19-14(18)21-7-6-11(9-21)29-20-13(24)12-5-4-10-8-22(12)16(26)23(10)27/h10-12,27H,4-9H2,1-3H3,(H,20,24)(H2,18,19,25)/t10-,11-,12-/m0/s1. The number of ether oxygens (including phenoxy) is 1. The summed E-state index contributed by atoms with van der Waals surface area (Å²) in [5, 5.41) is 10.4. The number of piperidine rings is 1. The maximum Gasteiger partial charge on any atom is 0.437 e. The second-order valence-electron chi connectivity index (χ2n) is 8.42. The molecule has 12 nitrogen and oxygen atoms in total. The van der Waals surface area contributed by atoms with Gasteiger partial charge in [-0.15, -0.1) is 4.99 Å². The van der Waals surface area contributed by atoms with Crippen LogP contribution < -0.4 is 11.2 Å². The molecule has 0 aromatic carbocycles. The second kappa shape index (κ2) is 8.03. The summed E-state index contributed by atoms with van der Waals surface area (Å²) in [5.74, 6) is -0.401. The minimum atomic E-state index is -0.767. The normalized spacial score (nSPS) is 27.4. The van der Waals surface area contributed by atoms with Crippen LogP contribution in [-0.2, 0) is 14.4 Å². The lowest BCUT2D eigenvalue weighted by molar-refractivity contribution is -0.143. The Hall–Kier alpha value is -2.60. The van der Waals surface area contributed by atoms with Gasteiger partial charge in [-0.1, -0.05) is 0 Å². The number of amides is 4. The summed E-state index contributed by atoms with van der Waals surface area (Å²) in [6.45, 7) is 6.38. The lowest BCUT2D eigenvalue weighted by Gasteiger charge is -2.29. The van der Waals surface area contributed by atoms with Crippen LogP contribution in [-0.4, -0.2) is 87.5 Å². The molecule has 3 fully saturated rings. The van der Waals surface area contributed by atoms with Crippen molar-refractivity contribution in [3.8, 4) is 0 Å². The Kier molecular flexibility index (Phi) is 5.85. The Morgan fingerprint density at radius 1 is 1.24 bits per heavy atom. The first kappa shape index (κ1) is 21.1. The lowest BCUT2D eigenvalue weighted by Crippen LogP contribution is -2.50. The van der Waals surface area contributed by atoms with Crippen LogP contribution in [0.2, 0.25) is 0 Å². The summed E-state index contributed by atoms with van der Waals surface area (Å²) in [4.78, 5) is 48.4. The van der Waals surface area contributed by atoms with Crippen molar-refractivity contribution in [2.45, 2.75) is 63.8 Å². The Morgan fingerprint density at radius 2 is 1.97 bits per heavy atom. The third kappa shape index (κ3) is 4.88. The van der Waals surface area contributed by atoms with E-state index < -0.39 is 29.7 Å². The second-order valence-corrected chi connectivity index (χ2v) is 8.42. The van der Waals surface area contributed by atoms with Gasteiger partial charge in [-0.3, -0.25) is 14.8 Å². The van der Waals surface area contributed by atoms with E-state index in [1.165, 1.54) is 4.90 Å². The first-order valence-electron chi connectivity index (χ1n) is 9.61. The van der Waals surface area contributed by atoms with Gasteiger partial charge in [0.1, 0.15) is 17.7 Å². The van der Waals surface area contributed by atoms with E-state index in [2.05, 4.69) is 10.5 Å². The number of hydrogen-bond acceptors (Lipinski definition) is 6. The molecule has 0 radical (unpaired) electrons. The van der Waals surface area contributed by atoms with Gasteiger partial charge in [-0.25, -0.2) is 20.1 Å². The number of nitrogens with one attached hydrogen (secondary N) is 1. The van der Waals surface area contributed by atoms with Gasteiger partial charge in [-0.2, -0.15) is 0 Å². The fourth-order valence-corrected chi connectivity index (χ4v) is 3.61. The van der Waals surface area contributed by atoms with Crippen molar-refractivity contribution in [1.82, 2.24) is 20.3 Å². The molecule has 3 saturated heterocycles. The van der Waals surface area contributed by atoms with Crippen LogP contribution >= 0.6 is 0 Å². The van der Waals surface area contributed by atoms with Crippen molar-refractivity contribution in [1.29, 1.82) is 0 Å². The number of nitrogens with two attached hydrogens (primary N) is 1. The number of fused-ring (bicyclic) bond motifs is 2. The summed E-state index contributed by atoms with van der Waals surface area (Å²) >= 11 is 0. The molecular weight excluding hydrogens is 384 g/mol. The van der Waals surface area contributed by atoms with Gasteiger partial charge in [0.2, 0.25) is 5.96 Å². The quantitative estimate of drug-likeness (QED) is 0.254. The molecular formula is C17H28N6O6.